The van der Waals surface area contributed by atoms with Crippen LogP contribution in [0.4, 0.5) is 5.69 Å². The van der Waals surface area contributed by atoms with E-state index in [9.17, 15) is 9.59 Å². The molecule has 0 spiro atoms. The van der Waals surface area contributed by atoms with Crippen LogP contribution in [0.1, 0.15) is 38.9 Å². The van der Waals surface area contributed by atoms with E-state index in [1.165, 1.54) is 5.56 Å². The molecule has 1 N–H and O–H groups in total. The number of aryl methyl sites for hydroxylation is 1. The molecule has 1 aliphatic heterocycles. The van der Waals surface area contributed by atoms with Gasteiger partial charge in [0.05, 0.1) is 5.69 Å². The Balaban J connectivity index is 1.29. The summed E-state index contributed by atoms with van der Waals surface area (Å²) in [5.74, 6) is 0.109. The normalized spacial score (nSPS) is 15.5. The summed E-state index contributed by atoms with van der Waals surface area (Å²) >= 11 is 0. The number of fused-ring (bicyclic) bond motifs is 3. The predicted molar refractivity (Wildman–Crippen MR) is 116 cm³/mol. The average molecular weight is 400 g/mol. The van der Waals surface area contributed by atoms with Crippen LogP contribution in [0.5, 0.6) is 0 Å². The monoisotopic (exact) mass is 400 g/mol. The van der Waals surface area contributed by atoms with Crippen molar-refractivity contribution in [2.24, 2.45) is 0 Å². The minimum absolute atomic E-state index is 0.0368. The van der Waals surface area contributed by atoms with Gasteiger partial charge in [-0.05, 0) is 49.6 Å². The number of carbonyl (C=O) groups excluding carboxylic acids is 2. The first kappa shape index (κ1) is 18.6. The van der Waals surface area contributed by atoms with Crippen molar-refractivity contribution in [1.29, 1.82) is 0 Å². The zero-order valence-corrected chi connectivity index (χ0v) is 17.0. The summed E-state index contributed by atoms with van der Waals surface area (Å²) in [6, 6.07) is 16.0. The topological polar surface area (TPSA) is 69.3 Å². The third kappa shape index (κ3) is 3.18. The molecular weight excluding hydrogens is 376 g/mol. The van der Waals surface area contributed by atoms with Crippen molar-refractivity contribution < 1.29 is 9.59 Å². The molecule has 152 valence electrons. The average Bonchev–Trinajstić information content (AvgIpc) is 3.23. The van der Waals surface area contributed by atoms with E-state index in [1.807, 2.05) is 35.2 Å². The van der Waals surface area contributed by atoms with E-state index in [-0.39, 0.29) is 11.7 Å². The van der Waals surface area contributed by atoms with E-state index in [0.717, 1.165) is 54.0 Å². The summed E-state index contributed by atoms with van der Waals surface area (Å²) in [4.78, 5) is 28.8. The van der Waals surface area contributed by atoms with Crippen LogP contribution in [0.25, 0.3) is 11.3 Å². The summed E-state index contributed by atoms with van der Waals surface area (Å²) in [6.07, 6.45) is 1.78. The molecular formula is C24H24N4O2. The largest absolute Gasteiger partial charge is 0.368 e. The fourth-order valence-corrected chi connectivity index (χ4v) is 4.47. The lowest BCUT2D eigenvalue weighted by Crippen LogP contribution is -2.49. The van der Waals surface area contributed by atoms with Crippen molar-refractivity contribution in [3.63, 3.8) is 0 Å². The Labute approximate surface area is 175 Å². The molecule has 1 aliphatic carbocycles. The minimum atomic E-state index is 0.0368. The fraction of sp³-hybridized carbons (Fsp3) is 0.292. The van der Waals surface area contributed by atoms with Crippen molar-refractivity contribution in [2.75, 3.05) is 31.1 Å². The number of rotatable bonds is 3. The highest BCUT2D eigenvalue weighted by Crippen LogP contribution is 2.33. The van der Waals surface area contributed by atoms with Crippen molar-refractivity contribution in [3.05, 3.63) is 70.9 Å². The van der Waals surface area contributed by atoms with Crippen LogP contribution < -0.4 is 4.90 Å². The molecule has 6 heteroatoms. The first-order chi connectivity index (χ1) is 14.6. The third-order valence-electron chi connectivity index (χ3n) is 6.20. The van der Waals surface area contributed by atoms with Gasteiger partial charge in [0.1, 0.15) is 5.69 Å². The van der Waals surface area contributed by atoms with E-state index in [4.69, 9.17) is 0 Å². The Hall–Kier alpha value is -3.41. The van der Waals surface area contributed by atoms with E-state index in [1.54, 1.807) is 6.92 Å². The summed E-state index contributed by atoms with van der Waals surface area (Å²) in [5, 5.41) is 7.52. The number of H-pyrrole nitrogens is 1. The Kier molecular flexibility index (Phi) is 4.62. The number of piperazine rings is 1. The number of Topliss-reactive ketones (excluding diaryl/α,β-unsaturated/α-hetero) is 1. The lowest BCUT2D eigenvalue weighted by Gasteiger charge is -2.36. The van der Waals surface area contributed by atoms with E-state index in [2.05, 4.69) is 33.3 Å². The lowest BCUT2D eigenvalue weighted by atomic mass is 9.89. The van der Waals surface area contributed by atoms with Crippen LogP contribution in [-0.2, 0) is 12.8 Å². The standard InChI is InChI=1S/C24H24N4O2/c1-16(29)17-6-9-19(10-7-17)27-12-14-28(15-13-27)24(30)23-21-11-8-18-4-2-3-5-20(18)22(21)25-26-23/h2-7,9-10H,8,11-15H2,1H3,(H,25,26). The summed E-state index contributed by atoms with van der Waals surface area (Å²) in [6.45, 7) is 4.44. The molecule has 2 aliphatic rings. The highest BCUT2D eigenvalue weighted by molar-refractivity contribution is 5.96. The number of ketones is 1. The molecule has 2 aromatic carbocycles. The van der Waals surface area contributed by atoms with E-state index >= 15 is 0 Å². The van der Waals surface area contributed by atoms with Gasteiger partial charge in [0.2, 0.25) is 0 Å². The van der Waals surface area contributed by atoms with Crippen LogP contribution in [0.3, 0.4) is 0 Å². The molecule has 0 atom stereocenters. The summed E-state index contributed by atoms with van der Waals surface area (Å²) in [7, 11) is 0. The Bertz CT molecular complexity index is 1110. The SMILES string of the molecule is CC(=O)c1ccc(N2CCN(C(=O)c3[nH]nc4c3CCc3ccccc3-4)CC2)cc1. The Morgan fingerprint density at radius 1 is 0.933 bits per heavy atom. The molecule has 5 rings (SSSR count). The molecule has 0 radical (unpaired) electrons. The maximum absolute atomic E-state index is 13.2. The van der Waals surface area contributed by atoms with Crippen LogP contribution in [0.15, 0.2) is 48.5 Å². The van der Waals surface area contributed by atoms with Crippen LogP contribution in [0, 0.1) is 0 Å². The molecule has 1 saturated heterocycles. The highest BCUT2D eigenvalue weighted by Gasteiger charge is 2.29. The first-order valence-electron chi connectivity index (χ1n) is 10.4. The smallest absolute Gasteiger partial charge is 0.272 e. The number of aromatic nitrogens is 2. The van der Waals surface area contributed by atoms with E-state index in [0.29, 0.717) is 18.8 Å². The number of anilines is 1. The second-order valence-electron chi connectivity index (χ2n) is 7.97. The summed E-state index contributed by atoms with van der Waals surface area (Å²) < 4.78 is 0. The van der Waals surface area contributed by atoms with Gasteiger partial charge >= 0.3 is 0 Å². The number of hydrogen-bond donors (Lipinski definition) is 1. The van der Waals surface area contributed by atoms with Gasteiger partial charge in [-0.15, -0.1) is 0 Å². The number of carbonyl (C=O) groups is 2. The third-order valence-corrected chi connectivity index (χ3v) is 6.20. The number of nitrogens with zero attached hydrogens (tertiary/aromatic N) is 3. The second-order valence-corrected chi connectivity index (χ2v) is 7.97. The molecule has 0 saturated carbocycles. The molecule has 0 unspecified atom stereocenters. The molecule has 1 amide bonds. The van der Waals surface area contributed by atoms with Crippen molar-refractivity contribution in [3.8, 4) is 11.3 Å². The van der Waals surface area contributed by atoms with Crippen LogP contribution in [-0.4, -0.2) is 53.0 Å². The second kappa shape index (κ2) is 7.44. The molecule has 30 heavy (non-hydrogen) atoms. The summed E-state index contributed by atoms with van der Waals surface area (Å²) in [5.41, 5.74) is 6.83. The zero-order chi connectivity index (χ0) is 20.7. The molecule has 3 aromatic rings. The van der Waals surface area contributed by atoms with Gasteiger partial charge in [-0.25, -0.2) is 0 Å². The molecule has 6 nitrogen and oxygen atoms in total. The molecule has 1 aromatic heterocycles. The fourth-order valence-electron chi connectivity index (χ4n) is 4.47. The van der Waals surface area contributed by atoms with Crippen molar-refractivity contribution >= 4 is 17.4 Å². The predicted octanol–water partition coefficient (Wildman–Crippen LogP) is 3.34. The maximum atomic E-state index is 13.2. The van der Waals surface area contributed by atoms with Crippen molar-refractivity contribution in [2.45, 2.75) is 19.8 Å². The van der Waals surface area contributed by atoms with Gasteiger partial charge < -0.3 is 9.80 Å². The number of hydrogen-bond acceptors (Lipinski definition) is 4. The number of nitrogens with one attached hydrogen (secondary N) is 1. The Morgan fingerprint density at radius 3 is 2.40 bits per heavy atom. The van der Waals surface area contributed by atoms with Crippen LogP contribution >= 0.6 is 0 Å². The van der Waals surface area contributed by atoms with Gasteiger partial charge in [0.15, 0.2) is 5.78 Å². The van der Waals surface area contributed by atoms with Gasteiger partial charge in [-0.3, -0.25) is 14.7 Å². The van der Waals surface area contributed by atoms with Crippen molar-refractivity contribution in [1.82, 2.24) is 15.1 Å². The van der Waals surface area contributed by atoms with Gasteiger partial charge in [0.25, 0.3) is 5.91 Å². The minimum Gasteiger partial charge on any atom is -0.368 e. The number of aromatic amines is 1. The van der Waals surface area contributed by atoms with Gasteiger partial charge in [-0.2, -0.15) is 5.10 Å². The number of amides is 1. The van der Waals surface area contributed by atoms with E-state index < -0.39 is 0 Å². The molecule has 1 fully saturated rings. The Morgan fingerprint density at radius 2 is 1.67 bits per heavy atom. The molecule has 0 bridgehead atoms. The van der Waals surface area contributed by atoms with Crippen LogP contribution in [0.2, 0.25) is 0 Å². The molecule has 2 heterocycles. The van der Waals surface area contributed by atoms with Gasteiger partial charge in [0, 0.05) is 48.6 Å². The maximum Gasteiger partial charge on any atom is 0.272 e. The lowest BCUT2D eigenvalue weighted by molar-refractivity contribution is 0.0739. The zero-order valence-electron chi connectivity index (χ0n) is 17.0. The highest BCUT2D eigenvalue weighted by atomic mass is 16.2. The number of benzene rings is 2. The van der Waals surface area contributed by atoms with Gasteiger partial charge in [-0.1, -0.05) is 24.3 Å². The quantitative estimate of drug-likeness (QED) is 0.685. The first-order valence-corrected chi connectivity index (χ1v) is 10.4.